The highest BCUT2D eigenvalue weighted by molar-refractivity contribution is 6.34. The summed E-state index contributed by atoms with van der Waals surface area (Å²) < 4.78 is 4.96. The predicted octanol–water partition coefficient (Wildman–Crippen LogP) is 5.00. The van der Waals surface area contributed by atoms with E-state index in [2.05, 4.69) is 17.1 Å². The summed E-state index contributed by atoms with van der Waals surface area (Å²) in [4.78, 5) is 26.8. The number of hydrogen-bond acceptors (Lipinski definition) is 4. The van der Waals surface area contributed by atoms with E-state index in [4.69, 9.17) is 16.3 Å². The van der Waals surface area contributed by atoms with E-state index in [0.29, 0.717) is 11.3 Å². The summed E-state index contributed by atoms with van der Waals surface area (Å²) >= 11 is 6.16. The minimum Gasteiger partial charge on any atom is -0.462 e. The second-order valence-electron chi connectivity index (χ2n) is 7.55. The first-order valence-electron chi connectivity index (χ1n) is 10.1. The van der Waals surface area contributed by atoms with Gasteiger partial charge in [-0.3, -0.25) is 9.69 Å². The first kappa shape index (κ1) is 21.3. The van der Waals surface area contributed by atoms with Gasteiger partial charge in [0.05, 0.1) is 17.2 Å². The average Bonchev–Trinajstić information content (AvgIpc) is 2.69. The molecule has 2 aromatic rings. The number of nitrogens with one attached hydrogen (secondary N) is 1. The van der Waals surface area contributed by atoms with E-state index in [1.54, 1.807) is 25.1 Å². The van der Waals surface area contributed by atoms with E-state index >= 15 is 0 Å². The number of carbonyl (C=O) groups is 2. The minimum absolute atomic E-state index is 0.219. The lowest BCUT2D eigenvalue weighted by molar-refractivity contribution is 0.0526. The third-order valence-corrected chi connectivity index (χ3v) is 5.40. The Kier molecular flexibility index (Phi) is 7.29. The summed E-state index contributed by atoms with van der Waals surface area (Å²) in [5.74, 6) is 0.0491. The standard InChI is InChI=1S/C23H27ClN2O3/c1-3-29-23(28)20-11-10-19(13-21(20)24)25-22(27)18-8-6-17(7-9-18)15-26-12-4-5-16(2)14-26/h6-11,13,16H,3-5,12,14-15H2,1-2H3,(H,25,27). The molecule has 0 aliphatic carbocycles. The fourth-order valence-corrected chi connectivity index (χ4v) is 3.88. The number of esters is 1. The molecule has 1 aliphatic heterocycles. The molecule has 1 saturated heterocycles. The van der Waals surface area contributed by atoms with Gasteiger partial charge in [0.15, 0.2) is 0 Å². The van der Waals surface area contributed by atoms with E-state index in [1.807, 2.05) is 24.3 Å². The maximum atomic E-state index is 12.5. The smallest absolute Gasteiger partial charge is 0.339 e. The lowest BCUT2D eigenvalue weighted by atomic mass is 9.99. The fourth-order valence-electron chi connectivity index (χ4n) is 3.62. The Hall–Kier alpha value is -2.37. The van der Waals surface area contributed by atoms with Gasteiger partial charge in [-0.1, -0.05) is 30.7 Å². The number of rotatable bonds is 6. The SMILES string of the molecule is CCOC(=O)c1ccc(NC(=O)c2ccc(CN3CCCC(C)C3)cc2)cc1Cl. The number of anilines is 1. The van der Waals surface area contributed by atoms with Crippen molar-refractivity contribution in [1.29, 1.82) is 0 Å². The van der Waals surface area contributed by atoms with Gasteiger partial charge in [-0.05, 0) is 68.1 Å². The summed E-state index contributed by atoms with van der Waals surface area (Å²) in [6.45, 7) is 7.49. The number of amides is 1. The van der Waals surface area contributed by atoms with Crippen molar-refractivity contribution >= 4 is 29.2 Å². The Morgan fingerprint density at radius 3 is 2.62 bits per heavy atom. The monoisotopic (exact) mass is 414 g/mol. The maximum Gasteiger partial charge on any atom is 0.339 e. The second-order valence-corrected chi connectivity index (χ2v) is 7.96. The van der Waals surface area contributed by atoms with Crippen LogP contribution in [0.15, 0.2) is 42.5 Å². The molecule has 0 radical (unpaired) electrons. The molecular formula is C23H27ClN2O3. The van der Waals surface area contributed by atoms with E-state index in [9.17, 15) is 9.59 Å². The van der Waals surface area contributed by atoms with Crippen molar-refractivity contribution in [2.75, 3.05) is 25.0 Å². The van der Waals surface area contributed by atoms with Crippen LogP contribution < -0.4 is 5.32 Å². The van der Waals surface area contributed by atoms with Gasteiger partial charge in [0.1, 0.15) is 0 Å². The Morgan fingerprint density at radius 1 is 1.21 bits per heavy atom. The van der Waals surface area contributed by atoms with Crippen molar-refractivity contribution in [3.05, 3.63) is 64.2 Å². The zero-order valence-electron chi connectivity index (χ0n) is 16.9. The lowest BCUT2D eigenvalue weighted by Gasteiger charge is -2.30. The first-order valence-corrected chi connectivity index (χ1v) is 10.4. The van der Waals surface area contributed by atoms with Crippen molar-refractivity contribution in [3.63, 3.8) is 0 Å². The van der Waals surface area contributed by atoms with Crippen LogP contribution in [0.25, 0.3) is 0 Å². The van der Waals surface area contributed by atoms with Crippen LogP contribution in [-0.4, -0.2) is 36.5 Å². The molecule has 1 amide bonds. The van der Waals surface area contributed by atoms with Crippen molar-refractivity contribution in [2.24, 2.45) is 5.92 Å². The number of piperidine rings is 1. The van der Waals surface area contributed by atoms with Crippen LogP contribution in [0, 0.1) is 5.92 Å². The van der Waals surface area contributed by atoms with Crippen LogP contribution in [-0.2, 0) is 11.3 Å². The van der Waals surface area contributed by atoms with Gasteiger partial charge in [0.2, 0.25) is 0 Å². The molecule has 1 heterocycles. The van der Waals surface area contributed by atoms with Crippen LogP contribution >= 0.6 is 11.6 Å². The van der Waals surface area contributed by atoms with Crippen LogP contribution in [0.5, 0.6) is 0 Å². The molecule has 6 heteroatoms. The molecule has 1 atom stereocenters. The van der Waals surface area contributed by atoms with Crippen LogP contribution in [0.3, 0.4) is 0 Å². The third kappa shape index (κ3) is 5.81. The first-order chi connectivity index (χ1) is 14.0. The summed E-state index contributed by atoms with van der Waals surface area (Å²) in [5.41, 5.74) is 2.59. The van der Waals surface area contributed by atoms with Crippen LogP contribution in [0.1, 0.15) is 53.0 Å². The number of likely N-dealkylation sites (tertiary alicyclic amines) is 1. The molecule has 3 rings (SSSR count). The molecule has 154 valence electrons. The van der Waals surface area contributed by atoms with Crippen molar-refractivity contribution in [1.82, 2.24) is 4.90 Å². The summed E-state index contributed by atoms with van der Waals surface area (Å²) in [6, 6.07) is 12.4. The molecule has 0 aromatic heterocycles. The molecule has 1 aliphatic rings. The zero-order chi connectivity index (χ0) is 20.8. The second kappa shape index (κ2) is 9.90. The largest absolute Gasteiger partial charge is 0.462 e. The molecule has 1 N–H and O–H groups in total. The highest BCUT2D eigenvalue weighted by atomic mass is 35.5. The Morgan fingerprint density at radius 2 is 1.97 bits per heavy atom. The number of benzene rings is 2. The molecule has 0 saturated carbocycles. The summed E-state index contributed by atoms with van der Waals surface area (Å²) in [6.07, 6.45) is 2.56. The van der Waals surface area contributed by atoms with E-state index in [-0.39, 0.29) is 23.1 Å². The molecular weight excluding hydrogens is 388 g/mol. The third-order valence-electron chi connectivity index (χ3n) is 5.09. The zero-order valence-corrected chi connectivity index (χ0v) is 17.7. The average molecular weight is 415 g/mol. The van der Waals surface area contributed by atoms with Gasteiger partial charge in [0, 0.05) is 24.3 Å². The summed E-state index contributed by atoms with van der Waals surface area (Å²) in [7, 11) is 0. The van der Waals surface area contributed by atoms with Gasteiger partial charge in [-0.25, -0.2) is 4.79 Å². The predicted molar refractivity (Wildman–Crippen MR) is 115 cm³/mol. The molecule has 5 nitrogen and oxygen atoms in total. The number of hydrogen-bond donors (Lipinski definition) is 1. The fraction of sp³-hybridized carbons (Fsp3) is 0.391. The van der Waals surface area contributed by atoms with Gasteiger partial charge in [-0.2, -0.15) is 0 Å². The minimum atomic E-state index is -0.478. The van der Waals surface area contributed by atoms with Crippen molar-refractivity contribution in [3.8, 4) is 0 Å². The normalized spacial score (nSPS) is 17.0. The van der Waals surface area contributed by atoms with E-state index in [1.165, 1.54) is 18.4 Å². The van der Waals surface area contributed by atoms with E-state index in [0.717, 1.165) is 25.6 Å². The van der Waals surface area contributed by atoms with Gasteiger partial charge in [0.25, 0.3) is 5.91 Å². The Balaban J connectivity index is 1.60. The number of halogens is 1. The number of ether oxygens (including phenoxy) is 1. The molecule has 0 bridgehead atoms. The summed E-state index contributed by atoms with van der Waals surface area (Å²) in [5, 5.41) is 3.06. The van der Waals surface area contributed by atoms with Gasteiger partial charge in [-0.15, -0.1) is 0 Å². The Labute approximate surface area is 177 Å². The Bertz CT molecular complexity index is 867. The molecule has 0 spiro atoms. The van der Waals surface area contributed by atoms with Crippen LogP contribution in [0.4, 0.5) is 5.69 Å². The molecule has 1 fully saturated rings. The number of nitrogens with zero attached hydrogens (tertiary/aromatic N) is 1. The molecule has 29 heavy (non-hydrogen) atoms. The van der Waals surface area contributed by atoms with Crippen molar-refractivity contribution in [2.45, 2.75) is 33.2 Å². The highest BCUT2D eigenvalue weighted by Gasteiger charge is 2.17. The van der Waals surface area contributed by atoms with Crippen molar-refractivity contribution < 1.29 is 14.3 Å². The van der Waals surface area contributed by atoms with E-state index < -0.39 is 5.97 Å². The van der Waals surface area contributed by atoms with Gasteiger partial charge < -0.3 is 10.1 Å². The molecule has 2 aromatic carbocycles. The molecule has 1 unspecified atom stereocenters. The lowest BCUT2D eigenvalue weighted by Crippen LogP contribution is -2.33. The maximum absolute atomic E-state index is 12.5. The highest BCUT2D eigenvalue weighted by Crippen LogP contribution is 2.23. The van der Waals surface area contributed by atoms with Crippen LogP contribution in [0.2, 0.25) is 5.02 Å². The topological polar surface area (TPSA) is 58.6 Å². The quantitative estimate of drug-likeness (QED) is 0.675. The van der Waals surface area contributed by atoms with Gasteiger partial charge >= 0.3 is 5.97 Å². The number of carbonyl (C=O) groups excluding carboxylic acids is 2.